The summed E-state index contributed by atoms with van der Waals surface area (Å²) < 4.78 is 1.98. The number of hydrogen-bond donors (Lipinski definition) is 2. The van der Waals surface area contributed by atoms with Crippen molar-refractivity contribution >= 4 is 11.6 Å². The Hall–Kier alpha value is -2.73. The first-order chi connectivity index (χ1) is 12.4. The largest absolute Gasteiger partial charge is 0.386 e. The lowest BCUT2D eigenvalue weighted by atomic mass is 9.93. The molecule has 0 bridgehead atoms. The molecule has 0 radical (unpaired) electrons. The van der Waals surface area contributed by atoms with E-state index < -0.39 is 5.60 Å². The molecule has 3 aromatic rings. The highest BCUT2D eigenvalue weighted by atomic mass is 16.3. The topological polar surface area (TPSA) is 79.5 Å². The lowest BCUT2D eigenvalue weighted by Gasteiger charge is -2.19. The Kier molecular flexibility index (Phi) is 3.63. The van der Waals surface area contributed by atoms with Crippen LogP contribution in [0.4, 0.5) is 0 Å². The van der Waals surface area contributed by atoms with Crippen molar-refractivity contribution < 1.29 is 9.90 Å². The number of aliphatic hydroxyl groups is 1. The van der Waals surface area contributed by atoms with Gasteiger partial charge in [0.2, 0.25) is 0 Å². The Morgan fingerprint density at radius 2 is 1.88 bits per heavy atom. The van der Waals surface area contributed by atoms with Crippen molar-refractivity contribution in [3.05, 3.63) is 65.1 Å². The van der Waals surface area contributed by atoms with E-state index in [1.165, 1.54) is 0 Å². The second-order valence-electron chi connectivity index (χ2n) is 7.44. The van der Waals surface area contributed by atoms with Crippen LogP contribution in [0.15, 0.2) is 42.6 Å². The van der Waals surface area contributed by atoms with Crippen molar-refractivity contribution in [1.82, 2.24) is 19.9 Å². The SMILES string of the molecule is CNC(=O)c1ccc(C2(c3nnc4c(C(C)(C)O)cccn34)CC2)cc1. The average Bonchev–Trinajstić information content (AvgIpc) is 3.32. The zero-order valence-electron chi connectivity index (χ0n) is 15.2. The number of amides is 1. The van der Waals surface area contributed by atoms with E-state index in [4.69, 9.17) is 0 Å². The zero-order valence-corrected chi connectivity index (χ0v) is 15.2. The van der Waals surface area contributed by atoms with Gasteiger partial charge in [0, 0.05) is 24.4 Å². The monoisotopic (exact) mass is 350 g/mol. The third-order valence-electron chi connectivity index (χ3n) is 5.20. The van der Waals surface area contributed by atoms with Gasteiger partial charge in [-0.15, -0.1) is 10.2 Å². The number of carbonyl (C=O) groups is 1. The maximum Gasteiger partial charge on any atom is 0.251 e. The van der Waals surface area contributed by atoms with Crippen molar-refractivity contribution in [1.29, 1.82) is 0 Å². The molecule has 2 heterocycles. The van der Waals surface area contributed by atoms with Crippen LogP contribution in [0.1, 0.15) is 54.0 Å². The van der Waals surface area contributed by atoms with Gasteiger partial charge in [-0.1, -0.05) is 18.2 Å². The molecular formula is C20H22N4O2. The number of nitrogens with zero attached hydrogens (tertiary/aromatic N) is 3. The van der Waals surface area contributed by atoms with Gasteiger partial charge in [-0.2, -0.15) is 0 Å². The van der Waals surface area contributed by atoms with Gasteiger partial charge in [-0.05, 0) is 50.5 Å². The van der Waals surface area contributed by atoms with E-state index in [1.807, 2.05) is 47.0 Å². The van der Waals surface area contributed by atoms with E-state index in [0.717, 1.165) is 29.8 Å². The molecule has 0 spiro atoms. The molecule has 2 aromatic heterocycles. The van der Waals surface area contributed by atoms with Crippen LogP contribution in [0.3, 0.4) is 0 Å². The summed E-state index contributed by atoms with van der Waals surface area (Å²) in [6.45, 7) is 3.50. The number of fused-ring (bicyclic) bond motifs is 1. The van der Waals surface area contributed by atoms with Crippen molar-refractivity contribution in [2.24, 2.45) is 0 Å². The predicted molar refractivity (Wildman–Crippen MR) is 98.1 cm³/mol. The van der Waals surface area contributed by atoms with Gasteiger partial charge in [0.05, 0.1) is 11.0 Å². The smallest absolute Gasteiger partial charge is 0.251 e. The van der Waals surface area contributed by atoms with Gasteiger partial charge >= 0.3 is 0 Å². The van der Waals surface area contributed by atoms with Gasteiger partial charge in [0.25, 0.3) is 5.91 Å². The molecular weight excluding hydrogens is 328 g/mol. The maximum atomic E-state index is 11.8. The standard InChI is InChI=1S/C20H22N4O2/c1-19(2,26)15-5-4-12-24-16(15)22-23-18(24)20(10-11-20)14-8-6-13(7-9-14)17(25)21-3/h4-9,12,26H,10-11H2,1-3H3,(H,21,25). The molecule has 2 N–H and O–H groups in total. The first-order valence-corrected chi connectivity index (χ1v) is 8.76. The Bertz CT molecular complexity index is 979. The number of hydrogen-bond acceptors (Lipinski definition) is 4. The fourth-order valence-corrected chi connectivity index (χ4v) is 3.57. The van der Waals surface area contributed by atoms with E-state index in [2.05, 4.69) is 15.5 Å². The number of pyridine rings is 1. The van der Waals surface area contributed by atoms with Crippen LogP contribution in [0.25, 0.3) is 5.65 Å². The number of benzene rings is 1. The van der Waals surface area contributed by atoms with E-state index in [9.17, 15) is 9.90 Å². The second-order valence-corrected chi connectivity index (χ2v) is 7.44. The fourth-order valence-electron chi connectivity index (χ4n) is 3.57. The van der Waals surface area contributed by atoms with E-state index >= 15 is 0 Å². The molecule has 1 aliphatic carbocycles. The van der Waals surface area contributed by atoms with Crippen LogP contribution >= 0.6 is 0 Å². The molecule has 134 valence electrons. The first-order valence-electron chi connectivity index (χ1n) is 8.76. The van der Waals surface area contributed by atoms with Crippen LogP contribution in [-0.2, 0) is 11.0 Å². The molecule has 6 nitrogen and oxygen atoms in total. The molecule has 1 aromatic carbocycles. The fraction of sp³-hybridized carbons (Fsp3) is 0.350. The van der Waals surface area contributed by atoms with Crippen LogP contribution in [-0.4, -0.2) is 32.7 Å². The van der Waals surface area contributed by atoms with Gasteiger partial charge in [-0.3, -0.25) is 9.20 Å². The highest BCUT2D eigenvalue weighted by Gasteiger charge is 2.49. The van der Waals surface area contributed by atoms with E-state index in [-0.39, 0.29) is 11.3 Å². The summed E-state index contributed by atoms with van der Waals surface area (Å²) in [4.78, 5) is 11.8. The Labute approximate surface area is 151 Å². The van der Waals surface area contributed by atoms with Crippen LogP contribution in [0, 0.1) is 0 Å². The molecule has 26 heavy (non-hydrogen) atoms. The molecule has 0 aliphatic heterocycles. The van der Waals surface area contributed by atoms with Gasteiger partial charge in [0.1, 0.15) is 5.82 Å². The highest BCUT2D eigenvalue weighted by Crippen LogP contribution is 2.52. The summed E-state index contributed by atoms with van der Waals surface area (Å²) in [6.07, 6.45) is 3.92. The number of aromatic nitrogens is 3. The minimum absolute atomic E-state index is 0.0934. The Morgan fingerprint density at radius 3 is 2.46 bits per heavy atom. The molecule has 1 fully saturated rings. The van der Waals surface area contributed by atoms with E-state index in [0.29, 0.717) is 11.2 Å². The molecule has 1 aliphatic rings. The second kappa shape index (κ2) is 5.64. The van der Waals surface area contributed by atoms with Gasteiger partial charge < -0.3 is 10.4 Å². The molecule has 0 unspecified atom stereocenters. The Morgan fingerprint density at radius 1 is 1.19 bits per heavy atom. The van der Waals surface area contributed by atoms with Crippen molar-refractivity contribution in [2.75, 3.05) is 7.05 Å². The Balaban J connectivity index is 1.79. The van der Waals surface area contributed by atoms with E-state index in [1.54, 1.807) is 20.9 Å². The summed E-state index contributed by atoms with van der Waals surface area (Å²) in [5, 5.41) is 21.9. The molecule has 1 saturated carbocycles. The number of nitrogens with one attached hydrogen (secondary N) is 1. The molecule has 0 saturated heterocycles. The molecule has 6 heteroatoms. The lowest BCUT2D eigenvalue weighted by Crippen LogP contribution is -2.19. The third-order valence-corrected chi connectivity index (χ3v) is 5.20. The summed E-state index contributed by atoms with van der Waals surface area (Å²) in [6, 6.07) is 11.5. The zero-order chi connectivity index (χ0) is 18.5. The van der Waals surface area contributed by atoms with Crippen LogP contribution in [0.2, 0.25) is 0 Å². The van der Waals surface area contributed by atoms with Crippen molar-refractivity contribution in [3.8, 4) is 0 Å². The summed E-state index contributed by atoms with van der Waals surface area (Å²) in [5.74, 6) is 0.787. The minimum atomic E-state index is -0.987. The summed E-state index contributed by atoms with van der Waals surface area (Å²) >= 11 is 0. The molecule has 1 amide bonds. The normalized spacial score (nSPS) is 15.8. The van der Waals surface area contributed by atoms with Crippen molar-refractivity contribution in [3.63, 3.8) is 0 Å². The number of rotatable bonds is 4. The number of carbonyl (C=O) groups excluding carboxylic acids is 1. The molecule has 4 rings (SSSR count). The summed E-state index contributed by atoms with van der Waals surface area (Å²) in [7, 11) is 1.63. The molecule has 0 atom stereocenters. The minimum Gasteiger partial charge on any atom is -0.386 e. The quantitative estimate of drug-likeness (QED) is 0.757. The predicted octanol–water partition coefficient (Wildman–Crippen LogP) is 2.40. The van der Waals surface area contributed by atoms with Crippen LogP contribution in [0.5, 0.6) is 0 Å². The summed E-state index contributed by atoms with van der Waals surface area (Å²) in [5.41, 5.74) is 2.04. The van der Waals surface area contributed by atoms with Crippen molar-refractivity contribution in [2.45, 2.75) is 37.7 Å². The lowest BCUT2D eigenvalue weighted by molar-refractivity contribution is 0.0795. The average molecular weight is 350 g/mol. The third kappa shape index (κ3) is 2.49. The van der Waals surface area contributed by atoms with Gasteiger partial charge in [0.15, 0.2) is 5.65 Å². The maximum absolute atomic E-state index is 11.8. The highest BCUT2D eigenvalue weighted by molar-refractivity contribution is 5.94. The van der Waals surface area contributed by atoms with Crippen LogP contribution < -0.4 is 5.32 Å². The van der Waals surface area contributed by atoms with Gasteiger partial charge in [-0.25, -0.2) is 0 Å². The first kappa shape index (κ1) is 16.7.